The fraction of sp³-hybridized carbons (Fsp3) is 0.172. The predicted molar refractivity (Wildman–Crippen MR) is 140 cm³/mol. The van der Waals surface area contributed by atoms with Crippen LogP contribution in [0.1, 0.15) is 44.0 Å². The van der Waals surface area contributed by atoms with Crippen molar-refractivity contribution in [2.75, 3.05) is 0 Å². The predicted octanol–water partition coefficient (Wildman–Crippen LogP) is 3.90. The monoisotopic (exact) mass is 490 g/mol. The molecular weight excluding hydrogens is 464 g/mol. The highest BCUT2D eigenvalue weighted by molar-refractivity contribution is 6.08. The van der Waals surface area contributed by atoms with Gasteiger partial charge in [0.1, 0.15) is 12.7 Å². The fourth-order valence-corrected chi connectivity index (χ4v) is 5.49. The lowest BCUT2D eigenvalue weighted by Gasteiger charge is -2.40. The molecule has 3 heterocycles. The first kappa shape index (κ1) is 22.7. The third kappa shape index (κ3) is 3.87. The van der Waals surface area contributed by atoms with Crippen molar-refractivity contribution < 1.29 is 9.59 Å². The van der Waals surface area contributed by atoms with E-state index in [4.69, 9.17) is 5.73 Å². The smallest absolute Gasteiger partial charge is 0.252 e. The highest BCUT2D eigenvalue weighted by Crippen LogP contribution is 2.39. The topological polar surface area (TPSA) is 108 Å². The Kier molecular flexibility index (Phi) is 5.37. The molecule has 3 aromatic carbocycles. The van der Waals surface area contributed by atoms with Crippen molar-refractivity contribution in [3.05, 3.63) is 113 Å². The van der Waals surface area contributed by atoms with Gasteiger partial charge in [0.15, 0.2) is 0 Å². The van der Waals surface area contributed by atoms with Crippen molar-refractivity contribution in [1.29, 1.82) is 0 Å². The van der Waals surface area contributed by atoms with E-state index in [1.54, 1.807) is 29.4 Å². The van der Waals surface area contributed by atoms with E-state index in [2.05, 4.69) is 20.1 Å². The molecular formula is C29H26N6O2. The zero-order valence-electron chi connectivity index (χ0n) is 20.4. The molecule has 0 bridgehead atoms. The largest absolute Gasteiger partial charge is 0.366 e. The van der Waals surface area contributed by atoms with E-state index in [9.17, 15) is 9.59 Å². The summed E-state index contributed by atoms with van der Waals surface area (Å²) in [5.41, 5.74) is 11.1. The number of amides is 2. The molecule has 0 aliphatic carbocycles. The molecule has 0 fully saturated rings. The third-order valence-corrected chi connectivity index (χ3v) is 7.32. The average molecular weight is 491 g/mol. The van der Waals surface area contributed by atoms with Gasteiger partial charge in [-0.3, -0.25) is 14.2 Å². The number of primary amides is 1. The van der Waals surface area contributed by atoms with Crippen molar-refractivity contribution in [2.24, 2.45) is 5.73 Å². The quantitative estimate of drug-likeness (QED) is 0.390. The summed E-state index contributed by atoms with van der Waals surface area (Å²) in [6.07, 6.45) is 4.47. The van der Waals surface area contributed by atoms with Gasteiger partial charge in [0.25, 0.3) is 11.8 Å². The van der Waals surface area contributed by atoms with Gasteiger partial charge in [0, 0.05) is 27.8 Å². The summed E-state index contributed by atoms with van der Waals surface area (Å²) in [6, 6.07) is 23.5. The van der Waals surface area contributed by atoms with E-state index in [1.165, 1.54) is 0 Å². The molecule has 1 aliphatic rings. The summed E-state index contributed by atoms with van der Waals surface area (Å²) < 4.78 is 3.94. The highest BCUT2D eigenvalue weighted by atomic mass is 16.2. The summed E-state index contributed by atoms with van der Waals surface area (Å²) in [7, 11) is 0. The number of benzene rings is 3. The summed E-state index contributed by atoms with van der Waals surface area (Å²) >= 11 is 0. The lowest BCUT2D eigenvalue weighted by atomic mass is 9.81. The van der Waals surface area contributed by atoms with E-state index in [-0.39, 0.29) is 5.91 Å². The SMILES string of the molecule is Cc1ccc2c(c1)c(C(N)=O)c1n2C[C@@](NC(=O)c2ccc(-n3cnnc3)cc2)(c2ccccc2)CC1. The van der Waals surface area contributed by atoms with Gasteiger partial charge in [-0.1, -0.05) is 42.0 Å². The first-order chi connectivity index (χ1) is 17.9. The molecule has 0 unspecified atom stereocenters. The van der Waals surface area contributed by atoms with E-state index in [1.807, 2.05) is 67.6 Å². The van der Waals surface area contributed by atoms with E-state index in [0.29, 0.717) is 30.5 Å². The van der Waals surface area contributed by atoms with Crippen LogP contribution in [0.5, 0.6) is 0 Å². The second-order valence-electron chi connectivity index (χ2n) is 9.61. The van der Waals surface area contributed by atoms with Crippen LogP contribution in [0, 0.1) is 6.92 Å². The molecule has 2 aromatic heterocycles. The van der Waals surface area contributed by atoms with Gasteiger partial charge in [-0.15, -0.1) is 10.2 Å². The number of hydrogen-bond donors (Lipinski definition) is 2. The molecule has 2 amide bonds. The molecule has 3 N–H and O–H groups in total. The molecule has 8 heteroatoms. The number of rotatable bonds is 5. The minimum atomic E-state index is -0.663. The Hall–Kier alpha value is -4.72. The summed E-state index contributed by atoms with van der Waals surface area (Å²) in [4.78, 5) is 26.1. The normalized spacial score (nSPS) is 16.9. The van der Waals surface area contributed by atoms with Crippen molar-refractivity contribution >= 4 is 22.7 Å². The third-order valence-electron chi connectivity index (χ3n) is 7.32. The first-order valence-electron chi connectivity index (χ1n) is 12.2. The Morgan fingerprint density at radius 2 is 1.70 bits per heavy atom. The molecule has 1 atom stereocenters. The van der Waals surface area contributed by atoms with Crippen LogP contribution in [-0.4, -0.2) is 31.1 Å². The second kappa shape index (κ2) is 8.74. The molecule has 0 radical (unpaired) electrons. The average Bonchev–Trinajstić information content (AvgIpc) is 3.55. The van der Waals surface area contributed by atoms with Gasteiger partial charge >= 0.3 is 0 Å². The maximum atomic E-state index is 13.6. The molecule has 5 aromatic rings. The van der Waals surface area contributed by atoms with E-state index >= 15 is 0 Å². The van der Waals surface area contributed by atoms with Gasteiger partial charge < -0.3 is 15.6 Å². The van der Waals surface area contributed by atoms with E-state index in [0.717, 1.165) is 33.4 Å². The molecule has 0 saturated carbocycles. The number of aromatic nitrogens is 4. The molecule has 0 spiro atoms. The Morgan fingerprint density at radius 3 is 2.41 bits per heavy atom. The molecule has 6 rings (SSSR count). The minimum Gasteiger partial charge on any atom is -0.366 e. The zero-order valence-corrected chi connectivity index (χ0v) is 20.4. The van der Waals surface area contributed by atoms with Crippen LogP contribution >= 0.6 is 0 Å². The molecule has 1 aliphatic heterocycles. The van der Waals surface area contributed by atoms with Crippen LogP contribution in [0.25, 0.3) is 16.6 Å². The van der Waals surface area contributed by atoms with Crippen molar-refractivity contribution in [3.8, 4) is 5.69 Å². The van der Waals surface area contributed by atoms with Crippen molar-refractivity contribution in [1.82, 2.24) is 24.6 Å². The number of carbonyl (C=O) groups is 2. The van der Waals surface area contributed by atoms with Gasteiger partial charge in [0.05, 0.1) is 17.6 Å². The number of fused-ring (bicyclic) bond motifs is 3. The van der Waals surface area contributed by atoms with Crippen LogP contribution in [0.2, 0.25) is 0 Å². The maximum absolute atomic E-state index is 13.6. The first-order valence-corrected chi connectivity index (χ1v) is 12.2. The molecule has 37 heavy (non-hydrogen) atoms. The van der Waals surface area contributed by atoms with Crippen LogP contribution < -0.4 is 11.1 Å². The summed E-state index contributed by atoms with van der Waals surface area (Å²) in [6.45, 7) is 2.49. The zero-order chi connectivity index (χ0) is 25.6. The Bertz CT molecular complexity index is 1620. The Morgan fingerprint density at radius 1 is 0.973 bits per heavy atom. The number of aryl methyl sites for hydroxylation is 1. The number of nitrogens with two attached hydrogens (primary N) is 1. The van der Waals surface area contributed by atoms with Gasteiger partial charge in [-0.2, -0.15) is 0 Å². The van der Waals surface area contributed by atoms with Gasteiger partial charge in [-0.05, 0) is 61.7 Å². The molecule has 8 nitrogen and oxygen atoms in total. The van der Waals surface area contributed by atoms with Crippen LogP contribution in [0.4, 0.5) is 0 Å². The molecule has 0 saturated heterocycles. The molecule has 184 valence electrons. The number of carbonyl (C=O) groups excluding carboxylic acids is 2. The van der Waals surface area contributed by atoms with E-state index < -0.39 is 11.4 Å². The second-order valence-corrected chi connectivity index (χ2v) is 9.61. The Labute approximate surface area is 213 Å². The Balaban J connectivity index is 1.41. The fourth-order valence-electron chi connectivity index (χ4n) is 5.49. The van der Waals surface area contributed by atoms with Gasteiger partial charge in [0.2, 0.25) is 0 Å². The van der Waals surface area contributed by atoms with Crippen LogP contribution in [0.3, 0.4) is 0 Å². The lowest BCUT2D eigenvalue weighted by Crippen LogP contribution is -2.51. The van der Waals surface area contributed by atoms with Crippen LogP contribution in [0.15, 0.2) is 85.5 Å². The number of hydrogen-bond acceptors (Lipinski definition) is 4. The summed E-state index contributed by atoms with van der Waals surface area (Å²) in [5.74, 6) is -0.584. The van der Waals surface area contributed by atoms with Crippen molar-refractivity contribution in [3.63, 3.8) is 0 Å². The maximum Gasteiger partial charge on any atom is 0.252 e. The lowest BCUT2D eigenvalue weighted by molar-refractivity contribution is 0.0865. The number of nitrogens with one attached hydrogen (secondary N) is 1. The minimum absolute atomic E-state index is 0.162. The summed E-state index contributed by atoms with van der Waals surface area (Å²) in [5, 5.41) is 11.9. The number of nitrogens with zero attached hydrogens (tertiary/aromatic N) is 4. The van der Waals surface area contributed by atoms with Gasteiger partial charge in [-0.25, -0.2) is 0 Å². The highest BCUT2D eigenvalue weighted by Gasteiger charge is 2.40. The van der Waals surface area contributed by atoms with Crippen LogP contribution in [-0.2, 0) is 18.5 Å². The standard InChI is InChI=1S/C29H26N6O2/c1-19-7-12-24-23(15-19)26(27(30)36)25-13-14-29(16-35(24)25,21-5-3-2-4-6-21)33-28(37)20-8-10-22(11-9-20)34-17-31-32-18-34/h2-12,15,17-18H,13-14,16H2,1H3,(H2,30,36)(H,33,37)/t29-/m1/s1. The van der Waals surface area contributed by atoms with Crippen molar-refractivity contribution in [2.45, 2.75) is 31.8 Å².